The molecule has 0 saturated carbocycles. The fourth-order valence-electron chi connectivity index (χ4n) is 13.1. The molecule has 0 aliphatic carbocycles. The topological polar surface area (TPSA) is 6.48 Å². The van der Waals surface area contributed by atoms with E-state index in [0.29, 0.717) is 0 Å². The molecule has 0 N–H and O–H groups in total. The van der Waals surface area contributed by atoms with E-state index in [9.17, 15) is 0 Å². The maximum Gasteiger partial charge on any atom is 0.252 e. The van der Waals surface area contributed by atoms with Crippen LogP contribution in [0, 0.1) is 0 Å². The first-order valence-corrected chi connectivity index (χ1v) is 29.3. The van der Waals surface area contributed by atoms with Crippen LogP contribution in [0.15, 0.2) is 285 Å². The van der Waals surface area contributed by atoms with Crippen molar-refractivity contribution in [1.29, 1.82) is 0 Å². The van der Waals surface area contributed by atoms with E-state index >= 15 is 0 Å². The molecular formula is C80H65BN2. The minimum atomic E-state index is -0.206. The molecule has 0 atom stereocenters. The van der Waals surface area contributed by atoms with Gasteiger partial charge in [-0.15, -0.1) is 0 Å². The monoisotopic (exact) mass is 1060 g/mol. The largest absolute Gasteiger partial charge is 0.311 e. The molecule has 0 radical (unpaired) electrons. The van der Waals surface area contributed by atoms with Crippen molar-refractivity contribution in [3.63, 3.8) is 0 Å². The molecule has 2 nitrogen and oxygen atoms in total. The highest BCUT2D eigenvalue weighted by molar-refractivity contribution is 7.00. The van der Waals surface area contributed by atoms with Gasteiger partial charge >= 0.3 is 0 Å². The number of fused-ring (bicyclic) bond motifs is 4. The summed E-state index contributed by atoms with van der Waals surface area (Å²) >= 11 is 0. The highest BCUT2D eigenvalue weighted by Crippen LogP contribution is 2.51. The average Bonchev–Trinajstić information content (AvgIpc) is 0.985. The van der Waals surface area contributed by atoms with Gasteiger partial charge in [0, 0.05) is 34.1 Å². The van der Waals surface area contributed by atoms with E-state index in [0.717, 1.165) is 56.1 Å². The van der Waals surface area contributed by atoms with Gasteiger partial charge in [-0.05, 0) is 177 Å². The van der Waals surface area contributed by atoms with Gasteiger partial charge in [0.25, 0.3) is 6.71 Å². The van der Waals surface area contributed by atoms with Crippen LogP contribution in [0.4, 0.5) is 34.1 Å². The standard InChI is InChI=1S/C80H65BN2/c1-79(2,3)70-52-72-74(50-68(70)59-38-24-12-25-39-59)82(66-44-61(54-28-14-7-15-29-54)42-62(45-66)55-30-16-8-17-31-55)76-48-65(58-36-22-11-23-37-58)49-77-78(76)81(72)73-53-71(80(4,5)6)69(60-40-26-13-27-41-60)51-75(73)83(77)67-46-63(56-32-18-9-19-33-56)43-64(47-67)57-34-20-10-21-35-57/h7-53H,1-6H3. The summed E-state index contributed by atoms with van der Waals surface area (Å²) in [6.45, 7) is 14.1. The second kappa shape index (κ2) is 20.7. The first-order chi connectivity index (χ1) is 40.4. The van der Waals surface area contributed by atoms with Crippen molar-refractivity contribution in [3.8, 4) is 77.9 Å². The summed E-state index contributed by atoms with van der Waals surface area (Å²) in [6, 6.07) is 107. The van der Waals surface area contributed by atoms with Gasteiger partial charge in [-0.3, -0.25) is 0 Å². The number of rotatable bonds is 9. The van der Waals surface area contributed by atoms with E-state index in [4.69, 9.17) is 0 Å². The van der Waals surface area contributed by atoms with Crippen molar-refractivity contribution in [2.24, 2.45) is 0 Å². The third-order valence-electron chi connectivity index (χ3n) is 17.0. The van der Waals surface area contributed by atoms with E-state index < -0.39 is 0 Å². The lowest BCUT2D eigenvalue weighted by atomic mass is 9.33. The first kappa shape index (κ1) is 51.5. The third-order valence-corrected chi connectivity index (χ3v) is 17.0. The van der Waals surface area contributed by atoms with E-state index in [-0.39, 0.29) is 17.5 Å². The molecule has 0 aromatic heterocycles. The summed E-state index contributed by atoms with van der Waals surface area (Å²) < 4.78 is 0. The Bertz CT molecular complexity index is 3980. The molecule has 3 heteroatoms. The lowest BCUT2D eigenvalue weighted by molar-refractivity contribution is 0.592. The van der Waals surface area contributed by atoms with Crippen molar-refractivity contribution in [1.82, 2.24) is 0 Å². The van der Waals surface area contributed by atoms with Crippen LogP contribution in [0.5, 0.6) is 0 Å². The zero-order valence-electron chi connectivity index (χ0n) is 48.1. The van der Waals surface area contributed by atoms with Gasteiger partial charge in [0.15, 0.2) is 0 Å². The summed E-state index contributed by atoms with van der Waals surface area (Å²) in [5.74, 6) is 0. The Hall–Kier alpha value is -9.70. The van der Waals surface area contributed by atoms with Crippen LogP contribution in [0.1, 0.15) is 52.7 Å². The Kier molecular flexibility index (Phi) is 12.8. The Balaban J connectivity index is 1.17. The fourth-order valence-corrected chi connectivity index (χ4v) is 13.1. The van der Waals surface area contributed by atoms with Crippen LogP contribution in [0.2, 0.25) is 0 Å². The normalized spacial score (nSPS) is 12.6. The molecule has 398 valence electrons. The van der Waals surface area contributed by atoms with Crippen LogP contribution in [0.3, 0.4) is 0 Å². The molecule has 0 spiro atoms. The summed E-state index contributed by atoms with van der Waals surface area (Å²) in [4.78, 5) is 5.27. The smallest absolute Gasteiger partial charge is 0.252 e. The Morgan fingerprint density at radius 2 is 0.494 bits per heavy atom. The highest BCUT2D eigenvalue weighted by Gasteiger charge is 2.46. The molecule has 2 heterocycles. The van der Waals surface area contributed by atoms with Crippen molar-refractivity contribution >= 4 is 57.2 Å². The molecule has 0 saturated heterocycles. The first-order valence-electron chi connectivity index (χ1n) is 29.3. The Morgan fingerprint density at radius 1 is 0.241 bits per heavy atom. The maximum atomic E-state index is 2.64. The summed E-state index contributed by atoms with van der Waals surface area (Å²) in [5.41, 5.74) is 29.5. The van der Waals surface area contributed by atoms with Crippen LogP contribution in [-0.4, -0.2) is 6.71 Å². The van der Waals surface area contributed by atoms with E-state index in [1.807, 2.05) is 0 Å². The molecular weight excluding hydrogens is 1000 g/mol. The predicted molar refractivity (Wildman–Crippen MR) is 356 cm³/mol. The van der Waals surface area contributed by atoms with Gasteiger partial charge in [-0.25, -0.2) is 0 Å². The average molecular weight is 1070 g/mol. The second-order valence-electron chi connectivity index (χ2n) is 24.5. The van der Waals surface area contributed by atoms with Gasteiger partial charge in [0.1, 0.15) is 0 Å². The second-order valence-corrected chi connectivity index (χ2v) is 24.5. The molecule has 83 heavy (non-hydrogen) atoms. The number of benzene rings is 12. The summed E-state index contributed by atoms with van der Waals surface area (Å²) in [5, 5.41) is 0. The summed E-state index contributed by atoms with van der Waals surface area (Å²) in [7, 11) is 0. The zero-order chi connectivity index (χ0) is 56.4. The van der Waals surface area contributed by atoms with Crippen molar-refractivity contribution < 1.29 is 0 Å². The van der Waals surface area contributed by atoms with Gasteiger partial charge in [0.05, 0.1) is 0 Å². The van der Waals surface area contributed by atoms with Crippen molar-refractivity contribution in [2.75, 3.05) is 9.80 Å². The molecule has 2 aliphatic heterocycles. The molecule has 0 fully saturated rings. The number of hydrogen-bond donors (Lipinski definition) is 0. The van der Waals surface area contributed by atoms with Crippen LogP contribution < -0.4 is 26.2 Å². The number of anilines is 6. The lowest BCUT2D eigenvalue weighted by Gasteiger charge is -2.46. The number of nitrogens with zero attached hydrogens (tertiary/aromatic N) is 2. The summed E-state index contributed by atoms with van der Waals surface area (Å²) in [6.07, 6.45) is 0. The molecule has 0 bridgehead atoms. The van der Waals surface area contributed by atoms with Gasteiger partial charge in [0.2, 0.25) is 0 Å². The SMILES string of the molecule is CC(C)(C)c1cc2c(cc1-c1ccccc1)N(c1cc(-c3ccccc3)cc(-c3ccccc3)c1)c1cc(-c3ccccc3)cc3c1B2c1cc(C(C)(C)C)c(-c2ccccc2)cc1N3c1cc(-c2ccccc2)cc(-c2ccccc2)c1. The van der Waals surface area contributed by atoms with Gasteiger partial charge in [-0.1, -0.05) is 266 Å². The molecule has 0 amide bonds. The minimum Gasteiger partial charge on any atom is -0.311 e. The van der Waals surface area contributed by atoms with Crippen LogP contribution in [0.25, 0.3) is 77.9 Å². The van der Waals surface area contributed by atoms with Crippen LogP contribution in [-0.2, 0) is 10.8 Å². The van der Waals surface area contributed by atoms with E-state index in [1.54, 1.807) is 0 Å². The minimum absolute atomic E-state index is 0.157. The zero-order valence-corrected chi connectivity index (χ0v) is 48.1. The number of hydrogen-bond acceptors (Lipinski definition) is 2. The Labute approximate surface area is 490 Å². The van der Waals surface area contributed by atoms with Crippen molar-refractivity contribution in [3.05, 3.63) is 296 Å². The lowest BCUT2D eigenvalue weighted by Crippen LogP contribution is -2.61. The van der Waals surface area contributed by atoms with Gasteiger partial charge < -0.3 is 9.80 Å². The molecule has 14 rings (SSSR count). The van der Waals surface area contributed by atoms with E-state index in [2.05, 4.69) is 336 Å². The van der Waals surface area contributed by atoms with Gasteiger partial charge in [-0.2, -0.15) is 0 Å². The maximum absolute atomic E-state index is 2.64. The predicted octanol–water partition coefficient (Wildman–Crippen LogP) is 20.0. The van der Waals surface area contributed by atoms with Crippen LogP contribution >= 0.6 is 0 Å². The fraction of sp³-hybridized carbons (Fsp3) is 0.100. The quantitative estimate of drug-likeness (QED) is 0.133. The van der Waals surface area contributed by atoms with Crippen molar-refractivity contribution in [2.45, 2.75) is 52.4 Å². The molecule has 0 unspecified atom stereocenters. The highest BCUT2D eigenvalue weighted by atomic mass is 15.2. The molecule has 2 aliphatic rings. The molecule has 12 aromatic rings. The van der Waals surface area contributed by atoms with E-state index in [1.165, 1.54) is 83.4 Å². The molecule has 12 aromatic carbocycles. The Morgan fingerprint density at radius 3 is 0.759 bits per heavy atom. The third kappa shape index (κ3) is 9.47.